The molecular weight excluding hydrogens is 496 g/mol. The largest absolute Gasteiger partial charge is 0.455 e. The maximum Gasteiger partial charge on any atom is 0.143 e. The third-order valence-electron chi connectivity index (χ3n) is 6.81. The van der Waals surface area contributed by atoms with Crippen LogP contribution in [0, 0.1) is 0 Å². The minimum absolute atomic E-state index is 0.389. The number of hydrogen-bond acceptors (Lipinski definition) is 1. The number of hydrogen-bond donors (Lipinski definition) is 0. The molecule has 0 fully saturated rings. The Labute approximate surface area is 270 Å². The fraction of sp³-hybridized carbons (Fsp3) is 0. The second-order valence-electron chi connectivity index (χ2n) is 9.01. The molecule has 41 heavy (non-hydrogen) atoms. The van der Waals surface area contributed by atoms with Crippen LogP contribution in [0.2, 0.25) is 0 Å². The molecular formula is C40H24O. The van der Waals surface area contributed by atoms with Gasteiger partial charge < -0.3 is 4.42 Å². The normalized spacial score (nSPS) is 20.1. The lowest BCUT2D eigenvalue weighted by Gasteiger charge is -2.14. The first kappa shape index (κ1) is 9.33. The van der Waals surface area contributed by atoms with E-state index < -0.39 is 227 Å². The highest BCUT2D eigenvalue weighted by molar-refractivity contribution is 6.21. The maximum atomic E-state index is 9.51. The average Bonchev–Trinajstić information content (AvgIpc) is 3.67. The summed E-state index contributed by atoms with van der Waals surface area (Å²) >= 11 is 0. The van der Waals surface area contributed by atoms with Gasteiger partial charge in [-0.1, -0.05) is 127 Å². The van der Waals surface area contributed by atoms with Crippen molar-refractivity contribution in [2.75, 3.05) is 0 Å². The summed E-state index contributed by atoms with van der Waals surface area (Å²) in [6.07, 6.45) is 0. The van der Waals surface area contributed by atoms with Crippen molar-refractivity contribution in [3.63, 3.8) is 0 Å². The number of fused-ring (bicyclic) bond motifs is 9. The van der Waals surface area contributed by atoms with Gasteiger partial charge in [0.15, 0.2) is 0 Å². The van der Waals surface area contributed by atoms with E-state index in [1.54, 1.807) is 0 Å². The molecule has 9 aromatic rings. The number of furan rings is 1. The number of benzene rings is 8. The van der Waals surface area contributed by atoms with Crippen molar-refractivity contribution in [3.8, 4) is 22.3 Å². The second-order valence-corrected chi connectivity index (χ2v) is 9.01. The molecule has 0 aliphatic carbocycles. The van der Waals surface area contributed by atoms with Crippen molar-refractivity contribution in [2.45, 2.75) is 0 Å². The van der Waals surface area contributed by atoms with Crippen LogP contribution in [-0.2, 0) is 0 Å². The Bertz CT molecular complexity index is 3790. The minimum atomic E-state index is -1.01. The summed E-state index contributed by atoms with van der Waals surface area (Å²) in [6.45, 7) is 0. The first-order chi connectivity index (χ1) is 30.3. The lowest BCUT2D eigenvalue weighted by atomic mass is 9.89. The third kappa shape index (κ3) is 3.30. The van der Waals surface area contributed by atoms with E-state index in [9.17, 15) is 8.22 Å². The second kappa shape index (κ2) is 8.55. The molecule has 0 radical (unpaired) electrons. The smallest absolute Gasteiger partial charge is 0.143 e. The molecule has 0 spiro atoms. The predicted octanol–water partition coefficient (Wildman–Crippen LogP) is 11.5. The van der Waals surface area contributed by atoms with Crippen LogP contribution in [0.1, 0.15) is 32.9 Å². The van der Waals surface area contributed by atoms with Gasteiger partial charge in [0.05, 0.1) is 32.9 Å². The summed E-state index contributed by atoms with van der Waals surface area (Å²) in [7, 11) is 0. The highest BCUT2D eigenvalue weighted by Gasteiger charge is 2.16. The van der Waals surface area contributed by atoms with Gasteiger partial charge in [0.2, 0.25) is 0 Å². The maximum absolute atomic E-state index is 9.51. The van der Waals surface area contributed by atoms with Gasteiger partial charge in [0, 0.05) is 16.2 Å². The van der Waals surface area contributed by atoms with Crippen LogP contribution in [-0.4, -0.2) is 0 Å². The Morgan fingerprint density at radius 1 is 0.415 bits per heavy atom. The molecule has 1 heterocycles. The molecule has 0 bridgehead atoms. The Hall–Kier alpha value is -5.40. The molecule has 190 valence electrons. The summed E-state index contributed by atoms with van der Waals surface area (Å²) in [5, 5.41) is -4.97. The van der Waals surface area contributed by atoms with Gasteiger partial charge in [-0.25, -0.2) is 0 Å². The van der Waals surface area contributed by atoms with Gasteiger partial charge in [-0.15, -0.1) is 0 Å². The third-order valence-corrected chi connectivity index (χ3v) is 6.81. The average molecular weight is 545 g/mol. The SMILES string of the molecule is [2H]c1c([2H])c(-c2c([2H])c([2H])c([2H])c3oc4c5c([2H])c([2H])c([2H])c([2H])c5c([2H])c([2H])c4c23)c([2H])c([2H])c1-c1c2c([2H])c([2H])c([2H])c([2H])c2c([2H])c2c1c([2H])c([2H])c1c([2H])c([2H])c([2H])c([2H])c12. The molecule has 0 aliphatic rings. The van der Waals surface area contributed by atoms with Crippen molar-refractivity contribution >= 4 is 65.0 Å². The molecule has 0 N–H and O–H groups in total. The topological polar surface area (TPSA) is 13.1 Å². The molecule has 0 amide bonds. The summed E-state index contributed by atoms with van der Waals surface area (Å²) in [4.78, 5) is 0. The molecule has 0 unspecified atom stereocenters. The quantitative estimate of drug-likeness (QED) is 0.156. The van der Waals surface area contributed by atoms with Crippen LogP contribution in [0.4, 0.5) is 0 Å². The van der Waals surface area contributed by atoms with E-state index in [0.29, 0.717) is 0 Å². The van der Waals surface area contributed by atoms with Crippen LogP contribution >= 0.6 is 0 Å². The van der Waals surface area contributed by atoms with E-state index in [0.717, 1.165) is 0 Å². The first-order valence-corrected chi connectivity index (χ1v) is 12.2. The lowest BCUT2D eigenvalue weighted by molar-refractivity contribution is 0.673. The van der Waals surface area contributed by atoms with E-state index in [4.69, 9.17) is 29.1 Å². The van der Waals surface area contributed by atoms with Crippen molar-refractivity contribution in [2.24, 2.45) is 0 Å². The molecule has 1 nitrogen and oxygen atoms in total. The first-order valence-electron chi connectivity index (χ1n) is 24.2. The molecule has 0 saturated carbocycles. The van der Waals surface area contributed by atoms with Crippen LogP contribution < -0.4 is 0 Å². The van der Waals surface area contributed by atoms with Gasteiger partial charge in [-0.3, -0.25) is 0 Å². The zero-order valence-electron chi connectivity index (χ0n) is 44.4. The van der Waals surface area contributed by atoms with Crippen LogP contribution in [0.25, 0.3) is 87.3 Å². The minimum Gasteiger partial charge on any atom is -0.455 e. The molecule has 1 heteroatoms. The van der Waals surface area contributed by atoms with Gasteiger partial charge >= 0.3 is 0 Å². The molecule has 0 atom stereocenters. The zero-order valence-corrected chi connectivity index (χ0v) is 20.4. The Morgan fingerprint density at radius 3 is 1.85 bits per heavy atom. The van der Waals surface area contributed by atoms with E-state index in [-0.39, 0.29) is 5.39 Å². The summed E-state index contributed by atoms with van der Waals surface area (Å²) in [5.41, 5.74) is -3.79. The van der Waals surface area contributed by atoms with Gasteiger partial charge in [0.25, 0.3) is 0 Å². The number of rotatable bonds is 2. The Kier molecular flexibility index (Phi) is 1.94. The highest BCUT2D eigenvalue weighted by Crippen LogP contribution is 2.42. The van der Waals surface area contributed by atoms with Crippen molar-refractivity contribution in [1.82, 2.24) is 0 Å². The van der Waals surface area contributed by atoms with Crippen molar-refractivity contribution in [3.05, 3.63) is 145 Å². The molecule has 0 aliphatic heterocycles. The Balaban J connectivity index is 1.53. The fourth-order valence-corrected chi connectivity index (χ4v) is 5.03. The summed E-state index contributed by atoms with van der Waals surface area (Å²) in [6, 6.07) is -19.8. The van der Waals surface area contributed by atoms with Crippen LogP contribution in [0.15, 0.2) is 149 Å². The van der Waals surface area contributed by atoms with E-state index in [1.165, 1.54) is 0 Å². The van der Waals surface area contributed by atoms with Gasteiger partial charge in [-0.2, -0.15) is 0 Å². The molecule has 0 saturated heterocycles. The predicted molar refractivity (Wildman–Crippen MR) is 175 cm³/mol. The van der Waals surface area contributed by atoms with Crippen molar-refractivity contribution in [1.29, 1.82) is 0 Å². The summed E-state index contributed by atoms with van der Waals surface area (Å²) in [5.74, 6) is 0. The van der Waals surface area contributed by atoms with E-state index in [2.05, 4.69) is 0 Å². The lowest BCUT2D eigenvalue weighted by Crippen LogP contribution is -1.87. The fourth-order valence-electron chi connectivity index (χ4n) is 5.03. The molecule has 1 aromatic heterocycles. The van der Waals surface area contributed by atoms with E-state index in [1.807, 2.05) is 0 Å². The molecule has 8 aromatic carbocycles. The summed E-state index contributed by atoms with van der Waals surface area (Å²) < 4.78 is 219. The van der Waals surface area contributed by atoms with Crippen molar-refractivity contribution < 1.29 is 37.3 Å². The van der Waals surface area contributed by atoms with Crippen LogP contribution in [0.5, 0.6) is 0 Å². The molecule has 9 rings (SSSR count). The standard InChI is InChI=1S/C40H24O/c1-4-11-30-25(8-1)20-22-34-36(30)24-29-10-3-5-12-32(29)38(34)28-18-16-27(17-19-28)31-14-7-15-37-39(31)35-23-21-26-9-2-6-13-33(26)40(35)41-37/h1-24H/i1D,2D,3D,4D,5D,6D,7D,8D,9D,10D,11D,12D,13D,14D,15D,16D,17D,18D,19D,20D,21D,22D,23D,24D. The van der Waals surface area contributed by atoms with Gasteiger partial charge in [0.1, 0.15) is 11.2 Å². The monoisotopic (exact) mass is 544 g/mol. The Morgan fingerprint density at radius 2 is 1.05 bits per heavy atom. The highest BCUT2D eigenvalue weighted by atomic mass is 16.3. The van der Waals surface area contributed by atoms with E-state index >= 15 is 0 Å². The van der Waals surface area contributed by atoms with Gasteiger partial charge in [-0.05, 0) is 78.1 Å². The van der Waals surface area contributed by atoms with Crippen LogP contribution in [0.3, 0.4) is 0 Å². The zero-order chi connectivity index (χ0) is 47.8.